The lowest BCUT2D eigenvalue weighted by atomic mass is 9.84. The summed E-state index contributed by atoms with van der Waals surface area (Å²) in [5, 5.41) is 3.51. The summed E-state index contributed by atoms with van der Waals surface area (Å²) in [6.45, 7) is 0.730. The molecule has 1 fully saturated rings. The zero-order valence-electron chi connectivity index (χ0n) is 24.5. The second-order valence-corrected chi connectivity index (χ2v) is 14.7. The fraction of sp³-hybridized carbons (Fsp3) is 0.286. The molecule has 0 aliphatic carbocycles. The minimum absolute atomic E-state index is 0.0786. The molecule has 4 aromatic carbocycles. The van der Waals surface area contributed by atoms with Crippen molar-refractivity contribution in [3.63, 3.8) is 0 Å². The summed E-state index contributed by atoms with van der Waals surface area (Å²) in [4.78, 5) is 14.5. The second-order valence-electron chi connectivity index (χ2n) is 11.0. The molecule has 0 radical (unpaired) electrons. The SMILES string of the molecule is CN(Cc1ccccc1)C(=O)COC(C1CC(SC(c2ccccc2)(c2ccccc2)c2ccccc2)CN1)S(C)(=O)=O. The number of hydrogen-bond donors (Lipinski definition) is 1. The summed E-state index contributed by atoms with van der Waals surface area (Å²) < 4.78 is 31.3. The Labute approximate surface area is 259 Å². The molecular formula is C35H38N2O4S2. The van der Waals surface area contributed by atoms with E-state index >= 15 is 0 Å². The predicted molar refractivity (Wildman–Crippen MR) is 174 cm³/mol. The molecule has 6 nitrogen and oxygen atoms in total. The molecule has 1 amide bonds. The van der Waals surface area contributed by atoms with E-state index < -0.39 is 26.1 Å². The van der Waals surface area contributed by atoms with Gasteiger partial charge in [-0.25, -0.2) is 8.42 Å². The third-order valence-electron chi connectivity index (χ3n) is 7.82. The lowest BCUT2D eigenvalue weighted by Crippen LogP contribution is -2.44. The van der Waals surface area contributed by atoms with Crippen LogP contribution in [0.4, 0.5) is 0 Å². The number of thioether (sulfide) groups is 1. The molecule has 0 saturated carbocycles. The summed E-state index contributed by atoms with van der Waals surface area (Å²) in [6, 6.07) is 40.6. The largest absolute Gasteiger partial charge is 0.351 e. The minimum atomic E-state index is -3.62. The highest BCUT2D eigenvalue weighted by Crippen LogP contribution is 2.51. The van der Waals surface area contributed by atoms with Gasteiger partial charge in [0.15, 0.2) is 15.3 Å². The molecule has 1 aliphatic heterocycles. The fourth-order valence-electron chi connectivity index (χ4n) is 5.75. The van der Waals surface area contributed by atoms with Crippen LogP contribution in [0.2, 0.25) is 0 Å². The maximum atomic E-state index is 13.0. The molecule has 1 heterocycles. The standard InChI is InChI=1S/C35H38N2O4S2/c1-37(25-27-15-7-3-8-16-27)33(38)26-41-34(43(2,39)40)32-23-31(24-36-32)42-35(28-17-9-4-10-18-28,29-19-11-5-12-20-29)30-21-13-6-14-22-30/h3-22,31-32,34,36H,23-26H2,1-2H3. The lowest BCUT2D eigenvalue weighted by molar-refractivity contribution is -0.136. The van der Waals surface area contributed by atoms with Gasteiger partial charge in [-0.2, -0.15) is 0 Å². The van der Waals surface area contributed by atoms with Crippen molar-refractivity contribution in [3.05, 3.63) is 144 Å². The zero-order chi connectivity index (χ0) is 30.3. The molecule has 4 aromatic rings. The summed E-state index contributed by atoms with van der Waals surface area (Å²) in [6.07, 6.45) is 1.75. The first-order valence-electron chi connectivity index (χ1n) is 14.4. The van der Waals surface area contributed by atoms with Crippen molar-refractivity contribution < 1.29 is 17.9 Å². The van der Waals surface area contributed by atoms with Gasteiger partial charge in [-0.1, -0.05) is 121 Å². The van der Waals surface area contributed by atoms with E-state index in [2.05, 4.69) is 78.1 Å². The average Bonchev–Trinajstić information content (AvgIpc) is 3.48. The Hall–Kier alpha value is -3.43. The van der Waals surface area contributed by atoms with Crippen LogP contribution < -0.4 is 5.32 Å². The zero-order valence-corrected chi connectivity index (χ0v) is 26.1. The fourth-order valence-corrected chi connectivity index (χ4v) is 8.67. The van der Waals surface area contributed by atoms with Crippen LogP contribution in [0.25, 0.3) is 0 Å². The molecule has 0 aromatic heterocycles. The summed E-state index contributed by atoms with van der Waals surface area (Å²) >= 11 is 1.83. The van der Waals surface area contributed by atoms with Crippen molar-refractivity contribution in [2.24, 2.45) is 0 Å². The van der Waals surface area contributed by atoms with E-state index in [-0.39, 0.29) is 17.8 Å². The molecule has 43 heavy (non-hydrogen) atoms. The van der Waals surface area contributed by atoms with E-state index in [0.717, 1.165) is 22.3 Å². The summed E-state index contributed by atoms with van der Waals surface area (Å²) in [5.41, 5.74) is 3.33. The summed E-state index contributed by atoms with van der Waals surface area (Å²) in [5.74, 6) is -0.266. The number of hydrogen-bond acceptors (Lipinski definition) is 6. The van der Waals surface area contributed by atoms with Gasteiger partial charge in [0.1, 0.15) is 6.61 Å². The molecule has 5 rings (SSSR count). The highest BCUT2D eigenvalue weighted by atomic mass is 32.2. The van der Waals surface area contributed by atoms with Crippen molar-refractivity contribution in [1.29, 1.82) is 0 Å². The molecule has 1 saturated heterocycles. The first kappa shape index (κ1) is 31.0. The molecule has 8 heteroatoms. The van der Waals surface area contributed by atoms with Gasteiger partial charge in [-0.05, 0) is 28.7 Å². The molecular weight excluding hydrogens is 577 g/mol. The third kappa shape index (κ3) is 7.39. The topological polar surface area (TPSA) is 75.7 Å². The quantitative estimate of drug-likeness (QED) is 0.213. The van der Waals surface area contributed by atoms with Crippen LogP contribution in [-0.2, 0) is 30.7 Å². The molecule has 3 atom stereocenters. The van der Waals surface area contributed by atoms with Gasteiger partial charge in [0.2, 0.25) is 5.91 Å². The van der Waals surface area contributed by atoms with Crippen LogP contribution >= 0.6 is 11.8 Å². The Morgan fingerprint density at radius 2 is 1.33 bits per heavy atom. The van der Waals surface area contributed by atoms with Crippen LogP contribution in [0.3, 0.4) is 0 Å². The molecule has 3 unspecified atom stereocenters. The van der Waals surface area contributed by atoms with Gasteiger partial charge in [0.05, 0.1) is 4.75 Å². The van der Waals surface area contributed by atoms with Crippen molar-refractivity contribution in [1.82, 2.24) is 10.2 Å². The van der Waals surface area contributed by atoms with Crippen LogP contribution in [0, 0.1) is 0 Å². The molecule has 0 spiro atoms. The number of sulfone groups is 1. The van der Waals surface area contributed by atoms with E-state index in [9.17, 15) is 13.2 Å². The predicted octanol–water partition coefficient (Wildman–Crippen LogP) is 5.49. The smallest absolute Gasteiger partial charge is 0.248 e. The van der Waals surface area contributed by atoms with Crippen molar-refractivity contribution in [3.8, 4) is 0 Å². The molecule has 224 valence electrons. The number of benzene rings is 4. The van der Waals surface area contributed by atoms with E-state index in [0.29, 0.717) is 19.5 Å². The third-order valence-corrected chi connectivity index (χ3v) is 10.9. The Kier molecular flexibility index (Phi) is 10.0. The molecule has 0 bridgehead atoms. The van der Waals surface area contributed by atoms with E-state index in [1.54, 1.807) is 11.9 Å². The van der Waals surface area contributed by atoms with Gasteiger partial charge in [-0.15, -0.1) is 11.8 Å². The van der Waals surface area contributed by atoms with Gasteiger partial charge >= 0.3 is 0 Å². The Morgan fingerprint density at radius 1 is 0.860 bits per heavy atom. The second kappa shape index (κ2) is 13.9. The van der Waals surface area contributed by atoms with Gasteiger partial charge in [-0.3, -0.25) is 4.79 Å². The van der Waals surface area contributed by atoms with Crippen molar-refractivity contribution in [2.45, 2.75) is 34.4 Å². The van der Waals surface area contributed by atoms with Crippen molar-refractivity contribution in [2.75, 3.05) is 26.5 Å². The van der Waals surface area contributed by atoms with Gasteiger partial charge < -0.3 is 15.0 Å². The number of likely N-dealkylation sites (N-methyl/N-ethyl adjacent to an activating group) is 1. The van der Waals surface area contributed by atoms with Crippen LogP contribution in [0.5, 0.6) is 0 Å². The van der Waals surface area contributed by atoms with Crippen molar-refractivity contribution >= 4 is 27.5 Å². The first-order chi connectivity index (χ1) is 20.8. The maximum Gasteiger partial charge on any atom is 0.248 e. The van der Waals surface area contributed by atoms with Crippen LogP contribution in [-0.4, -0.2) is 62.4 Å². The number of carbonyl (C=O) groups excluding carboxylic acids is 1. The number of rotatable bonds is 12. The number of nitrogens with zero attached hydrogens (tertiary/aromatic N) is 1. The van der Waals surface area contributed by atoms with Crippen LogP contribution in [0.1, 0.15) is 28.7 Å². The van der Waals surface area contributed by atoms with E-state index in [4.69, 9.17) is 4.74 Å². The normalized spacial score (nSPS) is 17.8. The van der Waals surface area contributed by atoms with Gasteiger partial charge in [0, 0.05) is 37.7 Å². The lowest BCUT2D eigenvalue weighted by Gasteiger charge is -2.37. The number of nitrogens with one attached hydrogen (secondary N) is 1. The van der Waals surface area contributed by atoms with Gasteiger partial charge in [0.25, 0.3) is 0 Å². The first-order valence-corrected chi connectivity index (χ1v) is 17.3. The number of ether oxygens (including phenoxy) is 1. The Bertz CT molecular complexity index is 1470. The minimum Gasteiger partial charge on any atom is -0.351 e. The number of carbonyl (C=O) groups is 1. The summed E-state index contributed by atoms with van der Waals surface area (Å²) in [7, 11) is -1.92. The van der Waals surface area contributed by atoms with E-state index in [1.807, 2.05) is 60.3 Å². The highest BCUT2D eigenvalue weighted by molar-refractivity contribution is 8.01. The van der Waals surface area contributed by atoms with Crippen LogP contribution in [0.15, 0.2) is 121 Å². The van der Waals surface area contributed by atoms with E-state index in [1.165, 1.54) is 6.26 Å². The molecule has 1 N–H and O–H groups in total. The Morgan fingerprint density at radius 3 is 1.79 bits per heavy atom. The Balaban J connectivity index is 1.36. The number of amides is 1. The maximum absolute atomic E-state index is 13.0. The monoisotopic (exact) mass is 614 g/mol. The average molecular weight is 615 g/mol. The molecule has 1 aliphatic rings. The highest BCUT2D eigenvalue weighted by Gasteiger charge is 2.44.